The topological polar surface area (TPSA) is 29.5 Å². The molecule has 3 heteroatoms. The molecule has 0 bridgehead atoms. The molecule has 0 amide bonds. The molecule has 0 radical (unpaired) electrons. The Morgan fingerprint density at radius 1 is 0.246 bits per heavy atom. The van der Waals surface area contributed by atoms with Gasteiger partial charge in [-0.2, -0.15) is 0 Å². The highest BCUT2D eigenvalue weighted by molar-refractivity contribution is 6.31. The van der Waals surface area contributed by atoms with Gasteiger partial charge >= 0.3 is 0 Å². The lowest BCUT2D eigenvalue weighted by atomic mass is 9.93. The van der Waals surface area contributed by atoms with E-state index in [4.69, 9.17) is 8.83 Å². The van der Waals surface area contributed by atoms with Gasteiger partial charge in [0.15, 0.2) is 0 Å². The van der Waals surface area contributed by atoms with E-state index in [0.717, 1.165) is 88.6 Å². The summed E-state index contributed by atoms with van der Waals surface area (Å²) in [6.45, 7) is 0. The number of anilines is 3. The highest BCUT2D eigenvalue weighted by Crippen LogP contribution is 2.46. The molecule has 0 saturated carbocycles. The molecule has 3 nitrogen and oxygen atoms in total. The van der Waals surface area contributed by atoms with Crippen molar-refractivity contribution in [1.29, 1.82) is 0 Å². The number of furan rings is 2. The number of hydrogen-bond donors (Lipinski definition) is 0. The normalized spacial score (nSPS) is 11.6. The first kappa shape index (κ1) is 34.9. The second-order valence-electron chi connectivity index (χ2n) is 15.7. The van der Waals surface area contributed by atoms with Crippen LogP contribution in [0.15, 0.2) is 233 Å². The minimum Gasteiger partial charge on any atom is -0.456 e. The Kier molecular flexibility index (Phi) is 8.17. The Balaban J connectivity index is 1.03. The van der Waals surface area contributed by atoms with Gasteiger partial charge in [-0.05, 0) is 122 Å². The van der Waals surface area contributed by atoms with E-state index >= 15 is 0 Å². The van der Waals surface area contributed by atoms with Gasteiger partial charge in [0.05, 0.1) is 0 Å². The maximum absolute atomic E-state index is 6.71. The van der Waals surface area contributed by atoms with Crippen LogP contribution < -0.4 is 4.90 Å². The summed E-state index contributed by atoms with van der Waals surface area (Å²) in [6.07, 6.45) is 0. The monoisotopic (exact) mass is 779 g/mol. The van der Waals surface area contributed by atoms with Gasteiger partial charge in [0.2, 0.25) is 0 Å². The largest absolute Gasteiger partial charge is 0.456 e. The standard InChI is InChI=1S/C58H37NO2/c1-4-14-38(15-5-1)41-24-28-45(29-25-41)59(47-35-43(39-16-6-2-7-17-39)34-44(36-47)40-18-8-3-9-19-40)46-30-26-42(27-31-46)51-37-55-56(49-21-11-10-20-48(49)51)58-54(61-55)33-32-53-57(58)50-22-12-13-23-52(50)60-53/h1-37H. The van der Waals surface area contributed by atoms with Crippen molar-refractivity contribution >= 4 is 71.7 Å². The van der Waals surface area contributed by atoms with E-state index < -0.39 is 0 Å². The van der Waals surface area contributed by atoms with E-state index in [1.165, 1.54) is 27.6 Å². The SMILES string of the molecule is c1ccc(-c2ccc(N(c3ccc(-c4cc5oc6ccc7oc8ccccc8c7c6c5c5ccccc45)cc3)c3cc(-c4ccccc4)cc(-c4ccccc4)c3)cc2)cc1. The van der Waals surface area contributed by atoms with Crippen LogP contribution in [0, 0.1) is 0 Å². The molecular weight excluding hydrogens is 743 g/mol. The van der Waals surface area contributed by atoms with E-state index in [1.807, 2.05) is 24.3 Å². The van der Waals surface area contributed by atoms with E-state index in [9.17, 15) is 0 Å². The molecule has 12 aromatic rings. The Labute approximate surface area is 353 Å². The van der Waals surface area contributed by atoms with Crippen molar-refractivity contribution in [2.24, 2.45) is 0 Å². The number of para-hydroxylation sites is 1. The Hall–Kier alpha value is -8.14. The third-order valence-electron chi connectivity index (χ3n) is 12.0. The van der Waals surface area contributed by atoms with Gasteiger partial charge in [0, 0.05) is 38.6 Å². The third-order valence-corrected chi connectivity index (χ3v) is 12.0. The molecule has 0 aliphatic heterocycles. The van der Waals surface area contributed by atoms with Crippen molar-refractivity contribution in [1.82, 2.24) is 0 Å². The summed E-state index contributed by atoms with van der Waals surface area (Å²) in [5.74, 6) is 0. The van der Waals surface area contributed by atoms with Crippen LogP contribution >= 0.6 is 0 Å². The van der Waals surface area contributed by atoms with Crippen LogP contribution in [-0.2, 0) is 0 Å². The van der Waals surface area contributed by atoms with Crippen molar-refractivity contribution < 1.29 is 8.83 Å². The van der Waals surface area contributed by atoms with Gasteiger partial charge in [0.1, 0.15) is 22.3 Å². The van der Waals surface area contributed by atoms with Gasteiger partial charge in [-0.1, -0.05) is 158 Å². The van der Waals surface area contributed by atoms with Gasteiger partial charge < -0.3 is 13.7 Å². The van der Waals surface area contributed by atoms with Crippen LogP contribution in [0.4, 0.5) is 17.1 Å². The van der Waals surface area contributed by atoms with E-state index in [-0.39, 0.29) is 0 Å². The van der Waals surface area contributed by atoms with Crippen LogP contribution in [0.1, 0.15) is 0 Å². The predicted molar refractivity (Wildman–Crippen MR) is 255 cm³/mol. The number of hydrogen-bond acceptors (Lipinski definition) is 3. The quantitative estimate of drug-likeness (QED) is 0.161. The Morgan fingerprint density at radius 2 is 0.689 bits per heavy atom. The fraction of sp³-hybridized carbons (Fsp3) is 0. The van der Waals surface area contributed by atoms with Gasteiger partial charge in [-0.3, -0.25) is 0 Å². The summed E-state index contributed by atoms with van der Waals surface area (Å²) in [6, 6.07) is 79.9. The van der Waals surface area contributed by atoms with E-state index in [1.54, 1.807) is 0 Å². The average Bonchev–Trinajstić information content (AvgIpc) is 3.91. The second kappa shape index (κ2) is 14.3. The van der Waals surface area contributed by atoms with Crippen molar-refractivity contribution in [3.63, 3.8) is 0 Å². The van der Waals surface area contributed by atoms with Crippen LogP contribution in [0.2, 0.25) is 0 Å². The number of benzene rings is 10. The summed E-state index contributed by atoms with van der Waals surface area (Å²) >= 11 is 0. The van der Waals surface area contributed by atoms with Crippen molar-refractivity contribution in [2.45, 2.75) is 0 Å². The minimum atomic E-state index is 0.855. The van der Waals surface area contributed by atoms with Crippen LogP contribution in [0.3, 0.4) is 0 Å². The van der Waals surface area contributed by atoms with Gasteiger partial charge in [0.25, 0.3) is 0 Å². The molecular formula is C58H37NO2. The molecule has 0 fully saturated rings. The second-order valence-corrected chi connectivity index (χ2v) is 15.7. The molecule has 12 rings (SSSR count). The lowest BCUT2D eigenvalue weighted by Gasteiger charge is -2.27. The van der Waals surface area contributed by atoms with Crippen LogP contribution in [0.5, 0.6) is 0 Å². The number of nitrogens with zero attached hydrogens (tertiary/aromatic N) is 1. The Bertz CT molecular complexity index is 3490. The van der Waals surface area contributed by atoms with Gasteiger partial charge in [-0.25, -0.2) is 0 Å². The minimum absolute atomic E-state index is 0.855. The highest BCUT2D eigenvalue weighted by Gasteiger charge is 2.21. The molecule has 10 aromatic carbocycles. The summed E-state index contributed by atoms with van der Waals surface area (Å²) in [5, 5.41) is 6.73. The molecule has 61 heavy (non-hydrogen) atoms. The van der Waals surface area contributed by atoms with Gasteiger partial charge in [-0.15, -0.1) is 0 Å². The molecule has 2 heterocycles. The molecule has 0 unspecified atom stereocenters. The predicted octanol–water partition coefficient (Wildman–Crippen LogP) is 16.8. The van der Waals surface area contributed by atoms with E-state index in [0.29, 0.717) is 0 Å². The fourth-order valence-corrected chi connectivity index (χ4v) is 9.18. The summed E-state index contributed by atoms with van der Waals surface area (Å²) < 4.78 is 13.0. The first-order valence-electron chi connectivity index (χ1n) is 20.7. The lowest BCUT2D eigenvalue weighted by molar-refractivity contribution is 0.663. The first-order chi connectivity index (χ1) is 30.2. The molecule has 0 saturated heterocycles. The zero-order chi connectivity index (χ0) is 40.3. The third kappa shape index (κ3) is 5.98. The number of rotatable bonds is 7. The van der Waals surface area contributed by atoms with Crippen molar-refractivity contribution in [3.05, 3.63) is 224 Å². The number of fused-ring (bicyclic) bond motifs is 9. The first-order valence-corrected chi connectivity index (χ1v) is 20.7. The molecule has 2 aromatic heterocycles. The Morgan fingerprint density at radius 3 is 1.30 bits per heavy atom. The molecule has 0 atom stereocenters. The molecule has 0 aliphatic rings. The summed E-state index contributed by atoms with van der Waals surface area (Å²) in [7, 11) is 0. The van der Waals surface area contributed by atoms with Crippen molar-refractivity contribution in [3.8, 4) is 44.5 Å². The zero-order valence-electron chi connectivity index (χ0n) is 33.1. The smallest absolute Gasteiger partial charge is 0.136 e. The fourth-order valence-electron chi connectivity index (χ4n) is 9.18. The highest BCUT2D eigenvalue weighted by atomic mass is 16.3. The van der Waals surface area contributed by atoms with Crippen molar-refractivity contribution in [2.75, 3.05) is 4.90 Å². The summed E-state index contributed by atoms with van der Waals surface area (Å²) in [5.41, 5.74) is 15.9. The zero-order valence-corrected chi connectivity index (χ0v) is 33.1. The maximum atomic E-state index is 6.71. The van der Waals surface area contributed by atoms with E-state index in [2.05, 4.69) is 205 Å². The maximum Gasteiger partial charge on any atom is 0.136 e. The average molecular weight is 780 g/mol. The summed E-state index contributed by atoms with van der Waals surface area (Å²) in [4.78, 5) is 2.37. The molecule has 0 aliphatic carbocycles. The lowest BCUT2D eigenvalue weighted by Crippen LogP contribution is -2.10. The molecule has 0 N–H and O–H groups in total. The molecule has 0 spiro atoms. The van der Waals surface area contributed by atoms with Crippen LogP contribution in [0.25, 0.3) is 99.2 Å². The molecule has 286 valence electrons. The van der Waals surface area contributed by atoms with Crippen LogP contribution in [-0.4, -0.2) is 0 Å².